The van der Waals surface area contributed by atoms with E-state index in [4.69, 9.17) is 7.98 Å². The van der Waals surface area contributed by atoms with Gasteiger partial charge in [-0.2, -0.15) is 10.1 Å². The van der Waals surface area contributed by atoms with Crippen LogP contribution in [0.5, 0.6) is 0 Å². The van der Waals surface area contributed by atoms with E-state index in [9.17, 15) is 4.79 Å². The quantitative estimate of drug-likeness (QED) is 0.441. The lowest BCUT2D eigenvalue weighted by molar-refractivity contribution is 0.0958. The number of hydrogen-bond donors (Lipinski definition) is 2. The molecular formula is C26H27BN6O. The molecule has 0 bridgehead atoms. The lowest BCUT2D eigenvalue weighted by Crippen LogP contribution is -2.16. The SMILES string of the molecule is Cc1ccc(C)nc1.[B]n1nc(-c2cc(C)ccc2C)nc1Nc1ccc2c(c1)C(C)NC2=O. The molecule has 3 heterocycles. The zero-order chi connectivity index (χ0) is 24.4. The first-order valence-corrected chi connectivity index (χ1v) is 11.1. The Morgan fingerprint density at radius 3 is 2.44 bits per heavy atom. The predicted octanol–water partition coefficient (Wildman–Crippen LogP) is 4.74. The number of fused-ring (bicyclic) bond motifs is 1. The van der Waals surface area contributed by atoms with E-state index in [-0.39, 0.29) is 11.9 Å². The zero-order valence-electron chi connectivity index (χ0n) is 20.0. The Morgan fingerprint density at radius 1 is 0.971 bits per heavy atom. The van der Waals surface area contributed by atoms with Crippen LogP contribution in [0.3, 0.4) is 0 Å². The number of hydrogen-bond acceptors (Lipinski definition) is 5. The van der Waals surface area contributed by atoms with Gasteiger partial charge in [-0.25, -0.2) is 0 Å². The van der Waals surface area contributed by atoms with Crippen molar-refractivity contribution in [1.29, 1.82) is 0 Å². The molecule has 4 aromatic rings. The van der Waals surface area contributed by atoms with Crippen LogP contribution in [0.25, 0.3) is 11.4 Å². The van der Waals surface area contributed by atoms with Crippen LogP contribution >= 0.6 is 0 Å². The summed E-state index contributed by atoms with van der Waals surface area (Å²) in [4.78, 5) is 20.5. The maximum atomic E-state index is 11.8. The number of nitrogens with zero attached hydrogens (tertiary/aromatic N) is 4. The van der Waals surface area contributed by atoms with Crippen LogP contribution in [-0.4, -0.2) is 33.5 Å². The third-order valence-corrected chi connectivity index (χ3v) is 5.69. The molecule has 7 nitrogen and oxygen atoms in total. The molecule has 0 aliphatic carbocycles. The second-order valence-electron chi connectivity index (χ2n) is 8.62. The molecule has 0 saturated carbocycles. The molecule has 1 unspecified atom stereocenters. The van der Waals surface area contributed by atoms with Crippen molar-refractivity contribution < 1.29 is 4.79 Å². The van der Waals surface area contributed by atoms with Crippen LogP contribution in [-0.2, 0) is 0 Å². The number of nitrogens with one attached hydrogen (secondary N) is 2. The predicted molar refractivity (Wildman–Crippen MR) is 135 cm³/mol. The molecule has 0 fully saturated rings. The van der Waals surface area contributed by atoms with E-state index in [0.717, 1.165) is 33.6 Å². The largest absolute Gasteiger partial charge is 0.345 e. The van der Waals surface area contributed by atoms with Gasteiger partial charge in [0.2, 0.25) is 5.95 Å². The average Bonchev–Trinajstić information content (AvgIpc) is 3.31. The Labute approximate surface area is 201 Å². The Morgan fingerprint density at radius 2 is 1.74 bits per heavy atom. The molecule has 1 amide bonds. The fourth-order valence-corrected chi connectivity index (χ4v) is 3.73. The molecule has 2 aromatic heterocycles. The van der Waals surface area contributed by atoms with Crippen molar-refractivity contribution in [3.05, 3.63) is 88.2 Å². The van der Waals surface area contributed by atoms with Crippen LogP contribution in [0.15, 0.2) is 54.7 Å². The minimum absolute atomic E-state index is 0.0134. The van der Waals surface area contributed by atoms with E-state index in [0.29, 0.717) is 17.3 Å². The second-order valence-corrected chi connectivity index (χ2v) is 8.62. The highest BCUT2D eigenvalue weighted by Crippen LogP contribution is 2.29. The van der Waals surface area contributed by atoms with Crippen LogP contribution in [0.4, 0.5) is 11.6 Å². The third-order valence-electron chi connectivity index (χ3n) is 5.69. The number of carbonyl (C=O) groups excluding carboxylic acids is 1. The van der Waals surface area contributed by atoms with Crippen molar-refractivity contribution in [2.24, 2.45) is 0 Å². The van der Waals surface area contributed by atoms with Crippen LogP contribution in [0.1, 0.15) is 51.3 Å². The molecular weight excluding hydrogens is 423 g/mol. The summed E-state index contributed by atoms with van der Waals surface area (Å²) in [7, 11) is 5.99. The van der Waals surface area contributed by atoms with E-state index in [1.54, 1.807) is 6.07 Å². The Hall–Kier alpha value is -3.94. The van der Waals surface area contributed by atoms with Gasteiger partial charge in [-0.3, -0.25) is 14.4 Å². The number of aromatic nitrogens is 4. The summed E-state index contributed by atoms with van der Waals surface area (Å²) in [5.74, 6) is 0.964. The maximum Gasteiger partial charge on any atom is 0.269 e. The van der Waals surface area contributed by atoms with Gasteiger partial charge in [-0.05, 0) is 81.6 Å². The van der Waals surface area contributed by atoms with E-state index in [1.165, 1.54) is 10.2 Å². The summed E-state index contributed by atoms with van der Waals surface area (Å²) in [6.07, 6.45) is 1.87. The van der Waals surface area contributed by atoms with Gasteiger partial charge in [0.05, 0.1) is 6.04 Å². The Bertz CT molecular complexity index is 1330. The Balaban J connectivity index is 0.000000291. The zero-order valence-corrected chi connectivity index (χ0v) is 20.0. The normalized spacial score (nSPS) is 14.1. The van der Waals surface area contributed by atoms with E-state index in [1.807, 2.05) is 71.1 Å². The van der Waals surface area contributed by atoms with Crippen molar-refractivity contribution in [3.8, 4) is 11.4 Å². The number of aryl methyl sites for hydroxylation is 4. The molecule has 0 spiro atoms. The van der Waals surface area contributed by atoms with E-state index in [2.05, 4.69) is 37.8 Å². The third kappa shape index (κ3) is 5.01. The first kappa shape index (κ1) is 23.2. The van der Waals surface area contributed by atoms with Gasteiger partial charge in [0.25, 0.3) is 13.9 Å². The summed E-state index contributed by atoms with van der Waals surface area (Å²) in [5.41, 5.74) is 7.94. The molecule has 2 N–H and O–H groups in total. The molecule has 2 aromatic carbocycles. The van der Waals surface area contributed by atoms with Gasteiger partial charge in [0.15, 0.2) is 5.82 Å². The summed E-state index contributed by atoms with van der Waals surface area (Å²) < 4.78 is 1.23. The minimum atomic E-state index is -0.0433. The molecule has 1 aliphatic rings. The van der Waals surface area contributed by atoms with Crippen molar-refractivity contribution >= 4 is 25.5 Å². The van der Waals surface area contributed by atoms with Gasteiger partial charge in [-0.1, -0.05) is 23.8 Å². The molecule has 5 rings (SSSR count). The van der Waals surface area contributed by atoms with Crippen molar-refractivity contribution in [2.45, 2.75) is 40.7 Å². The number of amides is 1. The Kier molecular flexibility index (Phi) is 6.50. The number of anilines is 2. The molecule has 8 heteroatoms. The molecule has 170 valence electrons. The number of benzene rings is 2. The highest BCUT2D eigenvalue weighted by molar-refractivity contribution is 6.07. The first-order valence-electron chi connectivity index (χ1n) is 11.1. The van der Waals surface area contributed by atoms with Crippen LogP contribution in [0, 0.1) is 27.7 Å². The van der Waals surface area contributed by atoms with Crippen molar-refractivity contribution in [1.82, 2.24) is 25.0 Å². The summed E-state index contributed by atoms with van der Waals surface area (Å²) in [6.45, 7) is 10.0. The van der Waals surface area contributed by atoms with E-state index >= 15 is 0 Å². The van der Waals surface area contributed by atoms with Gasteiger partial charge in [0.1, 0.15) is 0 Å². The second kappa shape index (κ2) is 9.51. The molecule has 2 radical (unpaired) electrons. The minimum Gasteiger partial charge on any atom is -0.345 e. The highest BCUT2D eigenvalue weighted by Gasteiger charge is 2.25. The average molecular weight is 450 g/mol. The topological polar surface area (TPSA) is 84.7 Å². The highest BCUT2D eigenvalue weighted by atomic mass is 16.2. The van der Waals surface area contributed by atoms with Gasteiger partial charge >= 0.3 is 0 Å². The van der Waals surface area contributed by atoms with Crippen LogP contribution in [0.2, 0.25) is 0 Å². The first-order chi connectivity index (χ1) is 16.2. The molecule has 1 aliphatic heterocycles. The molecule has 1 atom stereocenters. The van der Waals surface area contributed by atoms with Crippen LogP contribution < -0.4 is 10.6 Å². The summed E-state index contributed by atoms with van der Waals surface area (Å²) in [6, 6.07) is 15.8. The molecule has 34 heavy (non-hydrogen) atoms. The lowest BCUT2D eigenvalue weighted by atomic mass is 10.1. The lowest BCUT2D eigenvalue weighted by Gasteiger charge is -2.08. The maximum absolute atomic E-state index is 11.8. The number of rotatable bonds is 3. The smallest absolute Gasteiger partial charge is 0.269 e. The monoisotopic (exact) mass is 450 g/mol. The van der Waals surface area contributed by atoms with Gasteiger partial charge in [-0.15, -0.1) is 0 Å². The van der Waals surface area contributed by atoms with Crippen molar-refractivity contribution in [2.75, 3.05) is 5.32 Å². The number of carbonyl (C=O) groups is 1. The van der Waals surface area contributed by atoms with E-state index < -0.39 is 0 Å². The molecule has 0 saturated heterocycles. The van der Waals surface area contributed by atoms with Gasteiger partial charge in [0, 0.05) is 28.7 Å². The standard InChI is InChI=1S/C19H18BN5O.C7H9N/c1-10-4-5-11(2)15(8-10)17-23-19(25(20)24-17)22-13-6-7-14-16(9-13)12(3)21-18(14)26;1-6-3-4-7(2)8-5-6/h4-9,12H,1-3H3,(H,21,26)(H,22,23,24);3-5H,1-2H3. The number of pyridine rings is 1. The summed E-state index contributed by atoms with van der Waals surface area (Å²) in [5, 5.41) is 10.4. The fourth-order valence-electron chi connectivity index (χ4n) is 3.73. The van der Waals surface area contributed by atoms with Gasteiger partial charge < -0.3 is 10.6 Å². The van der Waals surface area contributed by atoms with Crippen molar-refractivity contribution in [3.63, 3.8) is 0 Å². The summed E-state index contributed by atoms with van der Waals surface area (Å²) >= 11 is 0. The fraction of sp³-hybridized carbons (Fsp3) is 0.231.